The number of carbonyl (C=O) groups is 1. The maximum Gasteiger partial charge on any atom is 0.268 e. The number of aryl methyl sites for hydroxylation is 1. The number of aromatic nitrogens is 1. The summed E-state index contributed by atoms with van der Waals surface area (Å²) < 4.78 is 1.88. The molecule has 2 rings (SSSR count). The molecule has 5 heteroatoms. The Hall–Kier alpha value is -1.49. The molecule has 1 amide bonds. The van der Waals surface area contributed by atoms with E-state index in [4.69, 9.17) is 5.73 Å². The van der Waals surface area contributed by atoms with Crippen molar-refractivity contribution in [2.75, 3.05) is 5.73 Å². The van der Waals surface area contributed by atoms with E-state index >= 15 is 0 Å². The van der Waals surface area contributed by atoms with Crippen molar-refractivity contribution >= 4 is 11.6 Å². The van der Waals surface area contributed by atoms with Crippen molar-refractivity contribution in [3.63, 3.8) is 0 Å². The van der Waals surface area contributed by atoms with Crippen LogP contribution in [0.4, 0.5) is 5.69 Å². The minimum absolute atomic E-state index is 0.0150. The molecule has 0 aliphatic heterocycles. The number of amides is 1. The Bertz CT molecular complexity index is 479. The van der Waals surface area contributed by atoms with E-state index in [2.05, 4.69) is 12.2 Å². The van der Waals surface area contributed by atoms with Crippen LogP contribution >= 0.6 is 0 Å². The molecule has 0 aromatic carbocycles. The number of anilines is 1. The monoisotopic (exact) mass is 265 g/mol. The van der Waals surface area contributed by atoms with Crippen LogP contribution < -0.4 is 11.1 Å². The number of hydrogen-bond acceptors (Lipinski definition) is 3. The summed E-state index contributed by atoms with van der Waals surface area (Å²) in [5.41, 5.74) is 6.70. The fourth-order valence-corrected chi connectivity index (χ4v) is 2.53. The van der Waals surface area contributed by atoms with E-state index in [-0.39, 0.29) is 23.5 Å². The molecule has 0 saturated heterocycles. The number of nitrogens with zero attached hydrogens (tertiary/aromatic N) is 1. The summed E-state index contributed by atoms with van der Waals surface area (Å²) in [6, 6.07) is 1.72. The van der Waals surface area contributed by atoms with Gasteiger partial charge in [-0.25, -0.2) is 0 Å². The standard InChI is InChI=1S/C14H23N3O2/c1-4-5-17-8-9(15)6-10(17)13(19)16-11-7-12(18)14(11,2)3/h6,8,11-12,18H,4-5,7,15H2,1-3H3,(H,16,19). The lowest BCUT2D eigenvalue weighted by atomic mass is 9.64. The van der Waals surface area contributed by atoms with Crippen LogP contribution in [-0.4, -0.2) is 27.7 Å². The average Bonchev–Trinajstić information content (AvgIpc) is 2.70. The van der Waals surface area contributed by atoms with Gasteiger partial charge < -0.3 is 20.7 Å². The molecule has 0 spiro atoms. The van der Waals surface area contributed by atoms with E-state index in [0.29, 0.717) is 17.8 Å². The summed E-state index contributed by atoms with van der Waals surface area (Å²) in [5.74, 6) is -0.116. The molecule has 1 saturated carbocycles. The number of aliphatic hydroxyl groups is 1. The zero-order valence-electron chi connectivity index (χ0n) is 11.8. The Morgan fingerprint density at radius 3 is 2.84 bits per heavy atom. The van der Waals surface area contributed by atoms with E-state index in [9.17, 15) is 9.90 Å². The highest BCUT2D eigenvalue weighted by Crippen LogP contribution is 2.40. The smallest absolute Gasteiger partial charge is 0.268 e. The second-order valence-corrected chi connectivity index (χ2v) is 5.95. The van der Waals surface area contributed by atoms with Gasteiger partial charge in [0.1, 0.15) is 5.69 Å². The number of nitrogens with one attached hydrogen (secondary N) is 1. The third-order valence-electron chi connectivity index (χ3n) is 4.14. The summed E-state index contributed by atoms with van der Waals surface area (Å²) in [7, 11) is 0. The van der Waals surface area contributed by atoms with E-state index in [1.54, 1.807) is 12.3 Å². The maximum absolute atomic E-state index is 12.3. The van der Waals surface area contributed by atoms with Gasteiger partial charge in [0, 0.05) is 24.2 Å². The molecule has 1 heterocycles. The fraction of sp³-hybridized carbons (Fsp3) is 0.643. The molecule has 1 aromatic rings. The molecule has 0 radical (unpaired) electrons. The first-order valence-electron chi connectivity index (χ1n) is 6.80. The largest absolute Gasteiger partial charge is 0.397 e. The van der Waals surface area contributed by atoms with Crippen molar-refractivity contribution in [1.82, 2.24) is 9.88 Å². The molecular weight excluding hydrogens is 242 g/mol. The van der Waals surface area contributed by atoms with Crippen molar-refractivity contribution in [1.29, 1.82) is 0 Å². The predicted octanol–water partition coefficient (Wildman–Crippen LogP) is 1.37. The minimum Gasteiger partial charge on any atom is -0.397 e. The quantitative estimate of drug-likeness (QED) is 0.769. The van der Waals surface area contributed by atoms with Gasteiger partial charge in [0.15, 0.2) is 0 Å². The zero-order chi connectivity index (χ0) is 14.2. The summed E-state index contributed by atoms with van der Waals surface area (Å²) in [5, 5.41) is 12.7. The number of carbonyl (C=O) groups excluding carboxylic acids is 1. The summed E-state index contributed by atoms with van der Waals surface area (Å²) in [6.45, 7) is 6.76. The maximum atomic E-state index is 12.3. The Balaban J connectivity index is 2.08. The highest BCUT2D eigenvalue weighted by molar-refractivity contribution is 5.94. The highest BCUT2D eigenvalue weighted by Gasteiger charge is 2.48. The average molecular weight is 265 g/mol. The number of rotatable bonds is 4. The van der Waals surface area contributed by atoms with Gasteiger partial charge in [-0.2, -0.15) is 0 Å². The molecular formula is C14H23N3O2. The van der Waals surface area contributed by atoms with Crippen molar-refractivity contribution in [2.45, 2.75) is 52.3 Å². The van der Waals surface area contributed by atoms with Crippen LogP contribution in [-0.2, 0) is 6.54 Å². The predicted molar refractivity (Wildman–Crippen MR) is 74.8 cm³/mol. The number of nitrogens with two attached hydrogens (primary N) is 1. The molecule has 1 fully saturated rings. The summed E-state index contributed by atoms with van der Waals surface area (Å²) >= 11 is 0. The molecule has 2 unspecified atom stereocenters. The van der Waals surface area contributed by atoms with Crippen LogP contribution in [0.3, 0.4) is 0 Å². The van der Waals surface area contributed by atoms with Crippen molar-refractivity contribution in [3.05, 3.63) is 18.0 Å². The summed E-state index contributed by atoms with van der Waals surface area (Å²) in [6.07, 6.45) is 3.01. The van der Waals surface area contributed by atoms with Gasteiger partial charge in [0.2, 0.25) is 0 Å². The van der Waals surface area contributed by atoms with Crippen LogP contribution in [0.25, 0.3) is 0 Å². The van der Waals surface area contributed by atoms with Crippen LogP contribution in [0.15, 0.2) is 12.3 Å². The number of hydrogen-bond donors (Lipinski definition) is 3. The van der Waals surface area contributed by atoms with Gasteiger partial charge in [-0.3, -0.25) is 4.79 Å². The minimum atomic E-state index is -0.342. The second-order valence-electron chi connectivity index (χ2n) is 5.95. The Morgan fingerprint density at radius 1 is 1.63 bits per heavy atom. The SMILES string of the molecule is CCCn1cc(N)cc1C(=O)NC1CC(O)C1(C)C. The van der Waals surface area contributed by atoms with Gasteiger partial charge in [-0.1, -0.05) is 20.8 Å². The Labute approximate surface area is 113 Å². The zero-order valence-corrected chi connectivity index (χ0v) is 11.8. The number of aliphatic hydroxyl groups excluding tert-OH is 1. The molecule has 1 aliphatic carbocycles. The lowest BCUT2D eigenvalue weighted by molar-refractivity contribution is -0.0690. The van der Waals surface area contributed by atoms with Crippen molar-refractivity contribution < 1.29 is 9.90 Å². The van der Waals surface area contributed by atoms with Gasteiger partial charge in [-0.15, -0.1) is 0 Å². The van der Waals surface area contributed by atoms with Gasteiger partial charge in [0.25, 0.3) is 5.91 Å². The molecule has 0 bridgehead atoms. The first-order valence-corrected chi connectivity index (χ1v) is 6.80. The lowest BCUT2D eigenvalue weighted by Gasteiger charge is -2.49. The topological polar surface area (TPSA) is 80.3 Å². The van der Waals surface area contributed by atoms with Gasteiger partial charge in [-0.05, 0) is 18.9 Å². The third-order valence-corrected chi connectivity index (χ3v) is 4.14. The van der Waals surface area contributed by atoms with E-state index < -0.39 is 0 Å². The summed E-state index contributed by atoms with van der Waals surface area (Å²) in [4.78, 5) is 12.3. The van der Waals surface area contributed by atoms with Crippen LogP contribution in [0, 0.1) is 5.41 Å². The molecule has 5 nitrogen and oxygen atoms in total. The number of nitrogen functional groups attached to an aromatic ring is 1. The first kappa shape index (κ1) is 13.9. The third kappa shape index (κ3) is 2.47. The van der Waals surface area contributed by atoms with Crippen molar-refractivity contribution in [2.24, 2.45) is 5.41 Å². The van der Waals surface area contributed by atoms with Crippen LogP contribution in [0.2, 0.25) is 0 Å². The van der Waals surface area contributed by atoms with Crippen molar-refractivity contribution in [3.8, 4) is 0 Å². The molecule has 19 heavy (non-hydrogen) atoms. The highest BCUT2D eigenvalue weighted by atomic mass is 16.3. The first-order chi connectivity index (χ1) is 8.86. The fourth-order valence-electron chi connectivity index (χ4n) is 2.53. The van der Waals surface area contributed by atoms with Crippen LogP contribution in [0.1, 0.15) is 44.1 Å². The Kier molecular flexibility index (Phi) is 3.58. The van der Waals surface area contributed by atoms with Gasteiger partial charge in [0.05, 0.1) is 11.8 Å². The van der Waals surface area contributed by atoms with Crippen LogP contribution in [0.5, 0.6) is 0 Å². The molecule has 1 aliphatic rings. The van der Waals surface area contributed by atoms with E-state index in [1.807, 2.05) is 18.4 Å². The Morgan fingerprint density at radius 2 is 2.32 bits per heavy atom. The normalized spacial score (nSPS) is 24.8. The lowest BCUT2D eigenvalue weighted by Crippen LogP contribution is -2.61. The van der Waals surface area contributed by atoms with E-state index in [1.165, 1.54) is 0 Å². The van der Waals surface area contributed by atoms with Gasteiger partial charge >= 0.3 is 0 Å². The molecule has 4 N–H and O–H groups in total. The molecule has 1 aromatic heterocycles. The molecule has 106 valence electrons. The second kappa shape index (κ2) is 4.89. The molecule has 2 atom stereocenters. The van der Waals surface area contributed by atoms with E-state index in [0.717, 1.165) is 13.0 Å².